The van der Waals surface area contributed by atoms with E-state index in [1.54, 1.807) is 0 Å². The summed E-state index contributed by atoms with van der Waals surface area (Å²) in [5, 5.41) is 23.1. The fourth-order valence-electron chi connectivity index (χ4n) is 8.20. The van der Waals surface area contributed by atoms with Gasteiger partial charge in [-0.3, -0.25) is 9.59 Å². The summed E-state index contributed by atoms with van der Waals surface area (Å²) < 4.78 is 5.46. The molecule has 0 saturated heterocycles. The Balaban J connectivity index is 3.41. The van der Waals surface area contributed by atoms with Crippen molar-refractivity contribution in [1.82, 2.24) is 5.32 Å². The van der Waals surface area contributed by atoms with Crippen LogP contribution in [0.1, 0.15) is 284 Å². The third kappa shape index (κ3) is 47.6. The van der Waals surface area contributed by atoms with Crippen molar-refractivity contribution in [2.75, 3.05) is 13.2 Å². The van der Waals surface area contributed by atoms with Gasteiger partial charge < -0.3 is 20.3 Å². The molecule has 0 aliphatic heterocycles. The average Bonchev–Trinajstić information content (AvgIpc) is 3.27. The number of aliphatic hydroxyl groups excluding tert-OH is 2. The molecule has 0 rings (SSSR count). The van der Waals surface area contributed by atoms with E-state index < -0.39 is 12.1 Å². The third-order valence-corrected chi connectivity index (χ3v) is 12.4. The molecule has 0 saturated carbocycles. The minimum Gasteiger partial charge on any atom is -0.466 e. The van der Waals surface area contributed by atoms with E-state index in [0.717, 1.165) is 51.4 Å². The summed E-state index contributed by atoms with van der Waals surface area (Å²) in [4.78, 5) is 24.4. The quantitative estimate of drug-likeness (QED) is 0.0321. The van der Waals surface area contributed by atoms with Crippen LogP contribution in [-0.2, 0) is 14.3 Å². The first-order chi connectivity index (χ1) is 30.5. The maximum absolute atomic E-state index is 12.4. The second-order valence-corrected chi connectivity index (χ2v) is 18.6. The number of rotatable bonds is 50. The normalized spacial score (nSPS) is 12.9. The zero-order valence-electron chi connectivity index (χ0n) is 41.4. The van der Waals surface area contributed by atoms with E-state index in [1.165, 1.54) is 199 Å². The second kappa shape index (κ2) is 51.7. The maximum Gasteiger partial charge on any atom is 0.305 e. The molecule has 6 nitrogen and oxygen atoms in total. The topological polar surface area (TPSA) is 95.9 Å². The Kier molecular flexibility index (Phi) is 50.1. The Morgan fingerprint density at radius 1 is 0.452 bits per heavy atom. The van der Waals surface area contributed by atoms with Gasteiger partial charge in [-0.1, -0.05) is 230 Å². The summed E-state index contributed by atoms with van der Waals surface area (Å²) in [7, 11) is 0. The fourth-order valence-corrected chi connectivity index (χ4v) is 8.20. The SMILES string of the molecule is CCC/C=C\C/C=C\CCCCCCCC(=O)OCCCCCCCCCCCCC/C=C\CCCCCCCCCC(=O)NC(CO)C(O)CCCCCCCCCCCC. The van der Waals surface area contributed by atoms with E-state index in [-0.39, 0.29) is 18.5 Å². The average molecular weight is 872 g/mol. The predicted molar refractivity (Wildman–Crippen MR) is 269 cm³/mol. The van der Waals surface area contributed by atoms with Crippen LogP contribution in [0.2, 0.25) is 0 Å². The summed E-state index contributed by atoms with van der Waals surface area (Å²) in [6.45, 7) is 4.86. The van der Waals surface area contributed by atoms with E-state index in [1.807, 2.05) is 0 Å². The standard InChI is InChI=1S/C56H105NO5/c1-3-5-7-9-11-13-15-26-30-34-38-42-46-50-56(61)62-51-47-43-39-35-31-28-25-23-21-19-17-16-18-20-22-24-27-29-33-37-41-45-49-55(60)57-53(52-58)54(59)48-44-40-36-32-14-12-10-8-6-4-2/h7,9,13,15,18,20,53-54,58-59H,3-6,8,10-12,14,16-17,19,21-52H2,1-2H3,(H,57,60)/b9-7-,15-13-,20-18-. The second-order valence-electron chi connectivity index (χ2n) is 18.6. The fraction of sp³-hybridized carbons (Fsp3) is 0.857. The Hall–Kier alpha value is -1.92. The Labute approximate surface area is 385 Å². The predicted octanol–water partition coefficient (Wildman–Crippen LogP) is 16.5. The molecule has 3 N–H and O–H groups in total. The summed E-state index contributed by atoms with van der Waals surface area (Å²) in [6, 6.07) is -0.545. The highest BCUT2D eigenvalue weighted by Crippen LogP contribution is 2.16. The number of carbonyl (C=O) groups is 2. The molecule has 0 spiro atoms. The van der Waals surface area contributed by atoms with Crippen LogP contribution >= 0.6 is 0 Å². The lowest BCUT2D eigenvalue weighted by Crippen LogP contribution is -2.45. The van der Waals surface area contributed by atoms with Crippen molar-refractivity contribution in [3.8, 4) is 0 Å². The molecule has 0 heterocycles. The van der Waals surface area contributed by atoms with Crippen LogP contribution in [-0.4, -0.2) is 47.4 Å². The van der Waals surface area contributed by atoms with Crippen molar-refractivity contribution >= 4 is 11.9 Å². The lowest BCUT2D eigenvalue weighted by molar-refractivity contribution is -0.143. The number of unbranched alkanes of at least 4 members (excludes halogenated alkanes) is 33. The summed E-state index contributed by atoms with van der Waals surface area (Å²) >= 11 is 0. The van der Waals surface area contributed by atoms with E-state index in [2.05, 4.69) is 55.6 Å². The van der Waals surface area contributed by atoms with E-state index in [9.17, 15) is 19.8 Å². The first-order valence-electron chi connectivity index (χ1n) is 27.2. The number of hydrogen-bond donors (Lipinski definition) is 3. The first kappa shape index (κ1) is 60.1. The van der Waals surface area contributed by atoms with Gasteiger partial charge in [-0.2, -0.15) is 0 Å². The number of esters is 1. The van der Waals surface area contributed by atoms with Crippen LogP contribution in [0.3, 0.4) is 0 Å². The molecule has 6 heteroatoms. The highest BCUT2D eigenvalue weighted by Gasteiger charge is 2.20. The molecule has 364 valence electrons. The van der Waals surface area contributed by atoms with Gasteiger partial charge in [-0.15, -0.1) is 0 Å². The first-order valence-corrected chi connectivity index (χ1v) is 27.2. The van der Waals surface area contributed by atoms with Gasteiger partial charge in [0.1, 0.15) is 0 Å². The maximum atomic E-state index is 12.4. The van der Waals surface area contributed by atoms with Crippen LogP contribution in [0.25, 0.3) is 0 Å². The zero-order valence-corrected chi connectivity index (χ0v) is 41.4. The van der Waals surface area contributed by atoms with Gasteiger partial charge in [0.2, 0.25) is 5.91 Å². The van der Waals surface area contributed by atoms with Gasteiger partial charge in [-0.05, 0) is 77.0 Å². The van der Waals surface area contributed by atoms with Crippen LogP contribution < -0.4 is 5.32 Å². The smallest absolute Gasteiger partial charge is 0.305 e. The minimum absolute atomic E-state index is 0.00599. The van der Waals surface area contributed by atoms with E-state index >= 15 is 0 Å². The van der Waals surface area contributed by atoms with Crippen molar-refractivity contribution in [2.45, 2.75) is 296 Å². The minimum atomic E-state index is -0.667. The lowest BCUT2D eigenvalue weighted by Gasteiger charge is -2.22. The van der Waals surface area contributed by atoms with Crippen molar-refractivity contribution in [3.05, 3.63) is 36.5 Å². The molecule has 2 unspecified atom stereocenters. The van der Waals surface area contributed by atoms with Gasteiger partial charge in [0.05, 0.1) is 25.4 Å². The monoisotopic (exact) mass is 872 g/mol. The number of hydrogen-bond acceptors (Lipinski definition) is 5. The Bertz CT molecular complexity index is 1010. The molecule has 0 aromatic rings. The van der Waals surface area contributed by atoms with Gasteiger partial charge in [0, 0.05) is 12.8 Å². The molecule has 0 bridgehead atoms. The van der Waals surface area contributed by atoms with Crippen LogP contribution in [0.5, 0.6) is 0 Å². The van der Waals surface area contributed by atoms with Crippen LogP contribution in [0, 0.1) is 0 Å². The lowest BCUT2D eigenvalue weighted by atomic mass is 10.0. The number of nitrogens with one attached hydrogen (secondary N) is 1. The number of amides is 1. The van der Waals surface area contributed by atoms with Gasteiger partial charge in [0.15, 0.2) is 0 Å². The van der Waals surface area contributed by atoms with Crippen molar-refractivity contribution in [1.29, 1.82) is 0 Å². The molecular formula is C56H105NO5. The van der Waals surface area contributed by atoms with Crippen LogP contribution in [0.4, 0.5) is 0 Å². The van der Waals surface area contributed by atoms with Crippen LogP contribution in [0.15, 0.2) is 36.5 Å². The van der Waals surface area contributed by atoms with Crippen molar-refractivity contribution in [3.63, 3.8) is 0 Å². The van der Waals surface area contributed by atoms with Crippen molar-refractivity contribution < 1.29 is 24.5 Å². The Morgan fingerprint density at radius 3 is 1.31 bits per heavy atom. The summed E-state index contributed by atoms with van der Waals surface area (Å²) in [6.07, 6.45) is 62.8. The number of aliphatic hydroxyl groups is 2. The molecule has 2 atom stereocenters. The molecule has 0 aromatic carbocycles. The molecule has 1 amide bonds. The largest absolute Gasteiger partial charge is 0.466 e. The van der Waals surface area contributed by atoms with Crippen molar-refractivity contribution in [2.24, 2.45) is 0 Å². The highest BCUT2D eigenvalue weighted by atomic mass is 16.5. The highest BCUT2D eigenvalue weighted by molar-refractivity contribution is 5.76. The third-order valence-electron chi connectivity index (χ3n) is 12.4. The molecular weight excluding hydrogens is 767 g/mol. The van der Waals surface area contributed by atoms with Gasteiger partial charge in [0.25, 0.3) is 0 Å². The van der Waals surface area contributed by atoms with Gasteiger partial charge >= 0.3 is 5.97 Å². The molecule has 0 aliphatic rings. The number of carbonyl (C=O) groups excluding carboxylic acids is 2. The zero-order chi connectivity index (χ0) is 45.1. The summed E-state index contributed by atoms with van der Waals surface area (Å²) in [5.41, 5.74) is 0. The molecule has 0 aliphatic carbocycles. The molecule has 62 heavy (non-hydrogen) atoms. The molecule has 0 fully saturated rings. The molecule has 0 aromatic heterocycles. The van der Waals surface area contributed by atoms with E-state index in [4.69, 9.17) is 4.74 Å². The summed E-state index contributed by atoms with van der Waals surface area (Å²) in [5.74, 6) is -0.0503. The number of ether oxygens (including phenoxy) is 1. The van der Waals surface area contributed by atoms with E-state index in [0.29, 0.717) is 25.9 Å². The van der Waals surface area contributed by atoms with Gasteiger partial charge in [-0.25, -0.2) is 0 Å². The Morgan fingerprint density at radius 2 is 0.839 bits per heavy atom. The number of allylic oxidation sites excluding steroid dienone is 6. The molecule has 0 radical (unpaired) electrons.